The monoisotopic (exact) mass is 112 g/mol. The third-order valence-corrected chi connectivity index (χ3v) is 0.576. The summed E-state index contributed by atoms with van der Waals surface area (Å²) in [4.78, 5) is 2.49. The SMILES string of the molecule is C=CCCNN=[N+]=[N-]. The molecule has 0 atom stereocenters. The molecule has 0 aromatic rings. The van der Waals surface area contributed by atoms with Crippen LogP contribution in [0.25, 0.3) is 10.4 Å². The molecular formula is C4H8N4. The first kappa shape index (κ1) is 6.85. The van der Waals surface area contributed by atoms with Gasteiger partial charge in [0.2, 0.25) is 0 Å². The Labute approximate surface area is 47.8 Å². The Kier molecular flexibility index (Phi) is 5.01. The summed E-state index contributed by atoms with van der Waals surface area (Å²) >= 11 is 0. The maximum atomic E-state index is 7.74. The lowest BCUT2D eigenvalue weighted by molar-refractivity contribution is 0.733. The number of rotatable bonds is 4. The summed E-state index contributed by atoms with van der Waals surface area (Å²) in [5, 5.41) is 3.09. The van der Waals surface area contributed by atoms with Crippen LogP contribution < -0.4 is 5.43 Å². The first-order chi connectivity index (χ1) is 3.91. The standard InChI is InChI=1S/C4H8N4/c1-2-3-4-6-8-7-5/h2,6H,1,3-4H2. The Balaban J connectivity index is 2.93. The maximum Gasteiger partial charge on any atom is 0.0893 e. The van der Waals surface area contributed by atoms with Crippen LogP contribution in [0.1, 0.15) is 6.42 Å². The van der Waals surface area contributed by atoms with Crippen LogP contribution in [-0.2, 0) is 0 Å². The van der Waals surface area contributed by atoms with Gasteiger partial charge in [0, 0.05) is 6.42 Å². The Bertz CT molecular complexity index is 103. The van der Waals surface area contributed by atoms with Crippen LogP contribution in [0.5, 0.6) is 0 Å². The molecule has 0 aliphatic carbocycles. The summed E-state index contributed by atoms with van der Waals surface area (Å²) in [6.07, 6.45) is 2.57. The van der Waals surface area contributed by atoms with Gasteiger partial charge in [0.25, 0.3) is 0 Å². The van der Waals surface area contributed by atoms with Gasteiger partial charge in [-0.05, 0) is 5.22 Å². The molecule has 0 aliphatic heterocycles. The molecule has 0 bridgehead atoms. The van der Waals surface area contributed by atoms with Crippen LogP contribution in [0.2, 0.25) is 0 Å². The quantitative estimate of drug-likeness (QED) is 0.146. The molecule has 0 rings (SSSR count). The summed E-state index contributed by atoms with van der Waals surface area (Å²) in [6, 6.07) is 0. The van der Waals surface area contributed by atoms with E-state index >= 15 is 0 Å². The fraction of sp³-hybridized carbons (Fsp3) is 0.500. The van der Waals surface area contributed by atoms with E-state index in [9.17, 15) is 0 Å². The van der Waals surface area contributed by atoms with Crippen LogP contribution in [0.3, 0.4) is 0 Å². The van der Waals surface area contributed by atoms with E-state index in [1.54, 1.807) is 6.08 Å². The van der Waals surface area contributed by atoms with E-state index in [4.69, 9.17) is 5.53 Å². The number of nitrogens with one attached hydrogen (secondary N) is 1. The zero-order valence-electron chi connectivity index (χ0n) is 4.54. The average molecular weight is 112 g/mol. The predicted molar refractivity (Wildman–Crippen MR) is 32.0 cm³/mol. The van der Waals surface area contributed by atoms with E-state index in [0.717, 1.165) is 6.42 Å². The van der Waals surface area contributed by atoms with Crippen LogP contribution >= 0.6 is 0 Å². The van der Waals surface area contributed by atoms with Gasteiger partial charge in [-0.15, -0.1) is 12.1 Å². The molecule has 0 aromatic heterocycles. The topological polar surface area (TPSA) is 60.8 Å². The molecular weight excluding hydrogens is 104 g/mol. The molecule has 0 radical (unpaired) electrons. The Morgan fingerprint density at radius 1 is 1.88 bits per heavy atom. The minimum atomic E-state index is 0.660. The second-order valence-corrected chi connectivity index (χ2v) is 1.17. The van der Waals surface area contributed by atoms with Gasteiger partial charge >= 0.3 is 0 Å². The van der Waals surface area contributed by atoms with Crippen molar-refractivity contribution in [3.8, 4) is 0 Å². The molecule has 0 saturated carbocycles. The van der Waals surface area contributed by atoms with Crippen molar-refractivity contribution in [3.63, 3.8) is 0 Å². The zero-order valence-corrected chi connectivity index (χ0v) is 4.54. The highest BCUT2D eigenvalue weighted by Crippen LogP contribution is 1.73. The van der Waals surface area contributed by atoms with Crippen molar-refractivity contribution in [1.29, 1.82) is 0 Å². The molecule has 0 unspecified atom stereocenters. The molecule has 4 nitrogen and oxygen atoms in total. The smallest absolute Gasteiger partial charge is 0.0893 e. The Morgan fingerprint density at radius 2 is 2.62 bits per heavy atom. The number of hydrogen-bond donors (Lipinski definition) is 1. The summed E-state index contributed by atoms with van der Waals surface area (Å²) < 4.78 is 0. The van der Waals surface area contributed by atoms with Crippen LogP contribution in [0, 0.1) is 0 Å². The highest BCUT2D eigenvalue weighted by atomic mass is 15.4. The Hall–Kier alpha value is -1.15. The van der Waals surface area contributed by atoms with Gasteiger partial charge in [-0.2, -0.15) is 4.91 Å². The highest BCUT2D eigenvalue weighted by Gasteiger charge is 1.75. The fourth-order valence-corrected chi connectivity index (χ4v) is 0.248. The van der Waals surface area contributed by atoms with Crippen LogP contribution in [-0.4, -0.2) is 6.54 Å². The van der Waals surface area contributed by atoms with Crippen molar-refractivity contribution >= 4 is 0 Å². The lowest BCUT2D eigenvalue weighted by atomic mass is 10.4. The van der Waals surface area contributed by atoms with E-state index in [1.807, 2.05) is 0 Å². The molecule has 0 spiro atoms. The molecule has 0 saturated heterocycles. The Morgan fingerprint density at radius 3 is 3.12 bits per heavy atom. The van der Waals surface area contributed by atoms with Crippen molar-refractivity contribution < 1.29 is 0 Å². The first-order valence-corrected chi connectivity index (χ1v) is 2.29. The lowest BCUT2D eigenvalue weighted by Crippen LogP contribution is -2.03. The summed E-state index contributed by atoms with van der Waals surface area (Å²) in [7, 11) is 0. The molecule has 4 heteroatoms. The normalized spacial score (nSPS) is 7.00. The van der Waals surface area contributed by atoms with Crippen molar-refractivity contribution in [3.05, 3.63) is 23.1 Å². The minimum Gasteiger partial charge on any atom is -0.261 e. The summed E-state index contributed by atoms with van der Waals surface area (Å²) in [5.74, 6) is 0. The van der Waals surface area contributed by atoms with Gasteiger partial charge in [0.15, 0.2) is 0 Å². The molecule has 8 heavy (non-hydrogen) atoms. The predicted octanol–water partition coefficient (Wildman–Crippen LogP) is 1.38. The largest absolute Gasteiger partial charge is 0.261 e. The molecule has 1 N–H and O–H groups in total. The third kappa shape index (κ3) is 4.85. The second kappa shape index (κ2) is 5.85. The number of nitrogens with zero attached hydrogens (tertiary/aromatic N) is 3. The van der Waals surface area contributed by atoms with Gasteiger partial charge in [-0.3, -0.25) is 5.43 Å². The van der Waals surface area contributed by atoms with E-state index in [0.29, 0.717) is 6.54 Å². The lowest BCUT2D eigenvalue weighted by Gasteiger charge is -1.85. The van der Waals surface area contributed by atoms with Gasteiger partial charge < -0.3 is 0 Å². The van der Waals surface area contributed by atoms with E-state index in [1.165, 1.54) is 0 Å². The van der Waals surface area contributed by atoms with E-state index in [-0.39, 0.29) is 0 Å². The number of azide groups is 1. The maximum absolute atomic E-state index is 7.74. The fourth-order valence-electron chi connectivity index (χ4n) is 0.248. The zero-order chi connectivity index (χ0) is 6.24. The van der Waals surface area contributed by atoms with Gasteiger partial charge in [-0.25, -0.2) is 0 Å². The van der Waals surface area contributed by atoms with Crippen molar-refractivity contribution in [2.24, 2.45) is 5.22 Å². The molecule has 0 heterocycles. The van der Waals surface area contributed by atoms with Crippen molar-refractivity contribution in [2.45, 2.75) is 6.42 Å². The van der Waals surface area contributed by atoms with Gasteiger partial charge in [0.1, 0.15) is 0 Å². The molecule has 0 amide bonds. The van der Waals surface area contributed by atoms with Gasteiger partial charge in [-0.1, -0.05) is 6.08 Å². The third-order valence-electron chi connectivity index (χ3n) is 0.576. The summed E-state index contributed by atoms with van der Waals surface area (Å²) in [5.41, 5.74) is 10.2. The van der Waals surface area contributed by atoms with Crippen molar-refractivity contribution in [2.75, 3.05) is 6.54 Å². The molecule has 0 aromatic carbocycles. The van der Waals surface area contributed by atoms with Gasteiger partial charge in [0.05, 0.1) is 6.54 Å². The number of hydrogen-bond acceptors (Lipinski definition) is 1. The van der Waals surface area contributed by atoms with E-state index < -0.39 is 0 Å². The van der Waals surface area contributed by atoms with E-state index in [2.05, 4.69) is 22.1 Å². The molecule has 0 fully saturated rings. The summed E-state index contributed by atoms with van der Waals surface area (Å²) in [6.45, 7) is 4.14. The first-order valence-electron chi connectivity index (χ1n) is 2.29. The average Bonchev–Trinajstić information content (AvgIpc) is 1.81. The minimum absolute atomic E-state index is 0.660. The van der Waals surface area contributed by atoms with Crippen LogP contribution in [0.4, 0.5) is 0 Å². The second-order valence-electron chi connectivity index (χ2n) is 1.17. The molecule has 44 valence electrons. The molecule has 0 aliphatic rings. The van der Waals surface area contributed by atoms with Crippen LogP contribution in [0.15, 0.2) is 17.9 Å². The highest BCUT2D eigenvalue weighted by molar-refractivity contribution is 4.66. The van der Waals surface area contributed by atoms with Crippen molar-refractivity contribution in [1.82, 2.24) is 5.43 Å².